The van der Waals surface area contributed by atoms with Gasteiger partial charge >= 0.3 is 0 Å². The Balaban J connectivity index is 1.31. The topological polar surface area (TPSA) is 63.7 Å². The molecule has 1 aromatic heterocycles. The van der Waals surface area contributed by atoms with Gasteiger partial charge in [0.1, 0.15) is 17.3 Å². The maximum atomic E-state index is 14.3. The molecule has 6 nitrogen and oxygen atoms in total. The zero-order valence-electron chi connectivity index (χ0n) is 17.1. The molecule has 1 N–H and O–H groups in total. The summed E-state index contributed by atoms with van der Waals surface area (Å²) >= 11 is 0. The second-order valence-electron chi connectivity index (χ2n) is 8.34. The number of nitrogens with one attached hydrogen (secondary N) is 1. The molecule has 1 aliphatic carbocycles. The van der Waals surface area contributed by atoms with Crippen molar-refractivity contribution < 1.29 is 18.7 Å². The molecule has 5 rings (SSSR count). The van der Waals surface area contributed by atoms with Gasteiger partial charge in [-0.2, -0.15) is 0 Å². The van der Waals surface area contributed by atoms with E-state index in [1.165, 1.54) is 38.4 Å². The third-order valence-corrected chi connectivity index (χ3v) is 6.59. The lowest BCUT2D eigenvalue weighted by atomic mass is 9.89. The minimum Gasteiger partial charge on any atom is -0.460 e. The highest BCUT2D eigenvalue weighted by Gasteiger charge is 2.43. The normalized spacial score (nSPS) is 20.9. The maximum Gasteiger partial charge on any atom is 0.253 e. The SMILES string of the molecule is CNC(=O)c1ccc(-c2ccc3c(n2)COC2(CCN(C4CCC4)CC2)O3)cc1F. The highest BCUT2D eigenvalue weighted by molar-refractivity contribution is 5.94. The number of piperidine rings is 1. The molecule has 0 atom stereocenters. The van der Waals surface area contributed by atoms with Gasteiger partial charge in [0, 0.05) is 44.6 Å². The van der Waals surface area contributed by atoms with Gasteiger partial charge in [0.2, 0.25) is 5.79 Å². The summed E-state index contributed by atoms with van der Waals surface area (Å²) in [5.41, 5.74) is 1.97. The fourth-order valence-corrected chi connectivity index (χ4v) is 4.50. The van der Waals surface area contributed by atoms with Gasteiger partial charge in [-0.25, -0.2) is 9.37 Å². The van der Waals surface area contributed by atoms with E-state index >= 15 is 0 Å². The molecular weight excluding hydrogens is 385 g/mol. The Morgan fingerprint density at radius 1 is 1.23 bits per heavy atom. The van der Waals surface area contributed by atoms with Crippen molar-refractivity contribution in [1.29, 1.82) is 0 Å². The summed E-state index contributed by atoms with van der Waals surface area (Å²) in [7, 11) is 1.48. The molecule has 2 fully saturated rings. The van der Waals surface area contributed by atoms with Crippen LogP contribution in [-0.4, -0.2) is 47.8 Å². The van der Waals surface area contributed by atoms with Gasteiger partial charge in [-0.15, -0.1) is 0 Å². The lowest BCUT2D eigenvalue weighted by Crippen LogP contribution is -2.54. The number of amides is 1. The number of hydrogen-bond donors (Lipinski definition) is 1. The van der Waals surface area contributed by atoms with Crippen LogP contribution in [0.4, 0.5) is 4.39 Å². The van der Waals surface area contributed by atoms with E-state index in [0.717, 1.165) is 43.4 Å². The van der Waals surface area contributed by atoms with E-state index in [0.29, 0.717) is 17.9 Å². The summed E-state index contributed by atoms with van der Waals surface area (Å²) in [5.74, 6) is -0.842. The lowest BCUT2D eigenvalue weighted by molar-refractivity contribution is -0.232. The second kappa shape index (κ2) is 7.63. The molecule has 1 saturated carbocycles. The van der Waals surface area contributed by atoms with Crippen molar-refractivity contribution in [2.45, 2.75) is 50.5 Å². The molecule has 1 saturated heterocycles. The third-order valence-electron chi connectivity index (χ3n) is 6.59. The molecule has 0 radical (unpaired) electrons. The Bertz CT molecular complexity index is 968. The summed E-state index contributed by atoms with van der Waals surface area (Å²) in [4.78, 5) is 18.9. The van der Waals surface area contributed by atoms with E-state index in [4.69, 9.17) is 9.47 Å². The summed E-state index contributed by atoms with van der Waals surface area (Å²) in [5, 5.41) is 2.44. The first-order valence-corrected chi connectivity index (χ1v) is 10.7. The quantitative estimate of drug-likeness (QED) is 0.838. The number of likely N-dealkylation sites (tertiary alicyclic amines) is 1. The molecule has 3 heterocycles. The fraction of sp³-hybridized carbons (Fsp3) is 0.478. The number of nitrogens with zero attached hydrogens (tertiary/aromatic N) is 2. The fourth-order valence-electron chi connectivity index (χ4n) is 4.50. The van der Waals surface area contributed by atoms with Crippen molar-refractivity contribution in [2.24, 2.45) is 0 Å². The largest absolute Gasteiger partial charge is 0.460 e. The summed E-state index contributed by atoms with van der Waals surface area (Å²) in [6.07, 6.45) is 5.69. The van der Waals surface area contributed by atoms with Crippen LogP contribution in [0.15, 0.2) is 30.3 Å². The first kappa shape index (κ1) is 19.5. The van der Waals surface area contributed by atoms with E-state index in [9.17, 15) is 9.18 Å². The molecule has 1 spiro atoms. The Hall–Kier alpha value is -2.51. The average molecular weight is 411 g/mol. The number of benzene rings is 1. The van der Waals surface area contributed by atoms with E-state index in [1.54, 1.807) is 6.07 Å². The molecule has 2 aromatic rings. The monoisotopic (exact) mass is 411 g/mol. The van der Waals surface area contributed by atoms with Gasteiger partial charge < -0.3 is 14.8 Å². The van der Waals surface area contributed by atoms with Crippen LogP contribution >= 0.6 is 0 Å². The number of hydrogen-bond acceptors (Lipinski definition) is 5. The number of pyridine rings is 1. The van der Waals surface area contributed by atoms with Gasteiger partial charge in [-0.1, -0.05) is 12.5 Å². The van der Waals surface area contributed by atoms with E-state index < -0.39 is 17.5 Å². The molecule has 1 amide bonds. The summed E-state index contributed by atoms with van der Waals surface area (Å²) in [6, 6.07) is 8.98. The first-order chi connectivity index (χ1) is 14.6. The zero-order chi connectivity index (χ0) is 20.7. The van der Waals surface area contributed by atoms with Gasteiger partial charge in [-0.3, -0.25) is 9.69 Å². The van der Waals surface area contributed by atoms with Gasteiger partial charge in [-0.05, 0) is 37.1 Å². The van der Waals surface area contributed by atoms with Crippen LogP contribution in [-0.2, 0) is 11.3 Å². The van der Waals surface area contributed by atoms with Crippen LogP contribution in [0.25, 0.3) is 11.3 Å². The Kier molecular flexibility index (Phi) is 4.95. The van der Waals surface area contributed by atoms with E-state index in [1.807, 2.05) is 12.1 Å². The second-order valence-corrected chi connectivity index (χ2v) is 8.34. The predicted molar refractivity (Wildman–Crippen MR) is 110 cm³/mol. The van der Waals surface area contributed by atoms with Crippen LogP contribution in [0.5, 0.6) is 5.75 Å². The lowest BCUT2D eigenvalue weighted by Gasteiger charge is -2.47. The van der Waals surface area contributed by atoms with Crippen LogP contribution in [0, 0.1) is 5.82 Å². The minimum atomic E-state index is -0.573. The number of halogens is 1. The van der Waals surface area contributed by atoms with Crippen LogP contribution in [0.3, 0.4) is 0 Å². The first-order valence-electron chi connectivity index (χ1n) is 10.7. The van der Waals surface area contributed by atoms with Gasteiger partial charge in [0.25, 0.3) is 5.91 Å². The average Bonchev–Trinajstić information content (AvgIpc) is 2.73. The number of rotatable bonds is 3. The van der Waals surface area contributed by atoms with Crippen molar-refractivity contribution in [3.8, 4) is 17.0 Å². The van der Waals surface area contributed by atoms with E-state index in [2.05, 4.69) is 15.2 Å². The minimum absolute atomic E-state index is 0.0149. The number of fused-ring (bicyclic) bond motifs is 1. The standard InChI is InChI=1S/C23H26FN3O3/c1-25-22(28)17-6-5-15(13-18(17)24)19-7-8-21-20(26-19)14-29-23(30-21)9-11-27(12-10-23)16-3-2-4-16/h5-8,13,16H,2-4,9-12,14H2,1H3,(H,25,28). The zero-order valence-corrected chi connectivity index (χ0v) is 17.1. The molecular formula is C23H26FN3O3. The van der Waals surface area contributed by atoms with Crippen molar-refractivity contribution in [3.63, 3.8) is 0 Å². The van der Waals surface area contributed by atoms with Crippen LogP contribution in [0.1, 0.15) is 48.2 Å². The Morgan fingerprint density at radius 2 is 2.03 bits per heavy atom. The number of aromatic nitrogens is 1. The van der Waals surface area contributed by atoms with Crippen molar-refractivity contribution in [2.75, 3.05) is 20.1 Å². The molecule has 158 valence electrons. The molecule has 2 aliphatic heterocycles. The van der Waals surface area contributed by atoms with Crippen molar-refractivity contribution in [1.82, 2.24) is 15.2 Å². The Labute approximate surface area is 175 Å². The highest BCUT2D eigenvalue weighted by Crippen LogP contribution is 2.39. The van der Waals surface area contributed by atoms with Crippen LogP contribution in [0.2, 0.25) is 0 Å². The molecule has 0 unspecified atom stereocenters. The summed E-state index contributed by atoms with van der Waals surface area (Å²) < 4.78 is 26.8. The van der Waals surface area contributed by atoms with Crippen LogP contribution < -0.4 is 10.1 Å². The number of carbonyl (C=O) groups is 1. The molecule has 30 heavy (non-hydrogen) atoms. The smallest absolute Gasteiger partial charge is 0.253 e. The molecule has 7 heteroatoms. The predicted octanol–water partition coefficient (Wildman–Crippen LogP) is 3.50. The van der Waals surface area contributed by atoms with Crippen molar-refractivity contribution in [3.05, 3.63) is 47.4 Å². The van der Waals surface area contributed by atoms with Gasteiger partial charge in [0.05, 0.1) is 17.9 Å². The van der Waals surface area contributed by atoms with Crippen molar-refractivity contribution >= 4 is 5.91 Å². The highest BCUT2D eigenvalue weighted by atomic mass is 19.1. The Morgan fingerprint density at radius 3 is 2.70 bits per heavy atom. The summed E-state index contributed by atoms with van der Waals surface area (Å²) in [6.45, 7) is 2.39. The molecule has 1 aromatic carbocycles. The molecule has 0 bridgehead atoms. The van der Waals surface area contributed by atoms with E-state index in [-0.39, 0.29) is 5.56 Å². The number of ether oxygens (including phenoxy) is 2. The molecule has 3 aliphatic rings. The number of carbonyl (C=O) groups excluding carboxylic acids is 1. The van der Waals surface area contributed by atoms with Gasteiger partial charge in [0.15, 0.2) is 0 Å². The maximum absolute atomic E-state index is 14.3. The third kappa shape index (κ3) is 3.46.